The molecule has 20 heavy (non-hydrogen) atoms. The van der Waals surface area contributed by atoms with E-state index >= 15 is 0 Å². The van der Waals surface area contributed by atoms with Crippen molar-refractivity contribution < 1.29 is 8.42 Å². The quantitative estimate of drug-likeness (QED) is 0.900. The highest BCUT2D eigenvalue weighted by Crippen LogP contribution is 2.44. The van der Waals surface area contributed by atoms with E-state index in [-0.39, 0.29) is 5.54 Å². The second kappa shape index (κ2) is 4.83. The SMILES string of the molecule is CCCc1ccc(S(=O)(=O)N2CC(N)(C3CC3)C2)cc1. The molecule has 1 aliphatic carbocycles. The van der Waals surface area contributed by atoms with Gasteiger partial charge in [-0.05, 0) is 42.9 Å². The molecule has 4 nitrogen and oxygen atoms in total. The minimum absolute atomic E-state index is 0.269. The van der Waals surface area contributed by atoms with Crippen LogP contribution in [0.1, 0.15) is 31.7 Å². The van der Waals surface area contributed by atoms with E-state index in [0.717, 1.165) is 25.7 Å². The Morgan fingerprint density at radius 3 is 2.35 bits per heavy atom. The van der Waals surface area contributed by atoms with E-state index in [1.165, 1.54) is 9.87 Å². The third-order valence-electron chi connectivity index (χ3n) is 4.43. The summed E-state index contributed by atoms with van der Waals surface area (Å²) < 4.78 is 26.5. The van der Waals surface area contributed by atoms with Gasteiger partial charge in [0, 0.05) is 18.6 Å². The first kappa shape index (κ1) is 14.0. The van der Waals surface area contributed by atoms with Gasteiger partial charge in [-0.2, -0.15) is 4.31 Å². The number of nitrogens with zero attached hydrogens (tertiary/aromatic N) is 1. The number of sulfonamides is 1. The standard InChI is InChI=1S/C15H22N2O2S/c1-2-3-12-4-8-14(9-5-12)20(18,19)17-10-15(16,11-17)13-6-7-13/h4-5,8-9,13H,2-3,6-7,10-11,16H2,1H3. The Morgan fingerprint density at radius 2 is 1.85 bits per heavy atom. The zero-order chi connectivity index (χ0) is 14.4. The molecule has 1 aromatic carbocycles. The van der Waals surface area contributed by atoms with Crippen LogP contribution in [0.15, 0.2) is 29.2 Å². The lowest BCUT2D eigenvalue weighted by Crippen LogP contribution is -2.69. The molecule has 0 amide bonds. The molecule has 1 aromatic rings. The van der Waals surface area contributed by atoms with Gasteiger partial charge in [0.1, 0.15) is 0 Å². The summed E-state index contributed by atoms with van der Waals surface area (Å²) in [6, 6.07) is 7.25. The lowest BCUT2D eigenvalue weighted by molar-refractivity contribution is 0.135. The fourth-order valence-electron chi connectivity index (χ4n) is 2.96. The monoisotopic (exact) mass is 294 g/mol. The molecular formula is C15H22N2O2S. The van der Waals surface area contributed by atoms with E-state index < -0.39 is 10.0 Å². The van der Waals surface area contributed by atoms with Crippen molar-refractivity contribution in [2.75, 3.05) is 13.1 Å². The van der Waals surface area contributed by atoms with Crippen LogP contribution < -0.4 is 5.73 Å². The van der Waals surface area contributed by atoms with E-state index in [9.17, 15) is 8.42 Å². The van der Waals surface area contributed by atoms with E-state index in [1.807, 2.05) is 12.1 Å². The second-order valence-corrected chi connectivity index (χ2v) is 8.11. The molecule has 1 heterocycles. The van der Waals surface area contributed by atoms with Gasteiger partial charge in [-0.25, -0.2) is 8.42 Å². The van der Waals surface area contributed by atoms with E-state index in [0.29, 0.717) is 23.9 Å². The molecule has 0 unspecified atom stereocenters. The molecule has 3 rings (SSSR count). The van der Waals surface area contributed by atoms with Crippen LogP contribution in [0.2, 0.25) is 0 Å². The molecular weight excluding hydrogens is 272 g/mol. The van der Waals surface area contributed by atoms with Crippen LogP contribution in [0.5, 0.6) is 0 Å². The number of rotatable bonds is 5. The molecule has 0 atom stereocenters. The van der Waals surface area contributed by atoms with Crippen molar-refractivity contribution in [3.63, 3.8) is 0 Å². The van der Waals surface area contributed by atoms with Crippen molar-refractivity contribution in [2.45, 2.75) is 43.0 Å². The maximum absolute atomic E-state index is 12.5. The number of hydrogen-bond donors (Lipinski definition) is 1. The number of benzene rings is 1. The Kier molecular flexibility index (Phi) is 3.39. The molecule has 0 spiro atoms. The van der Waals surface area contributed by atoms with Crippen molar-refractivity contribution in [2.24, 2.45) is 11.7 Å². The molecule has 2 N–H and O–H groups in total. The molecule has 2 aliphatic rings. The summed E-state index contributed by atoms with van der Waals surface area (Å²) in [7, 11) is -3.36. The Morgan fingerprint density at radius 1 is 1.25 bits per heavy atom. The Balaban J connectivity index is 1.72. The number of aryl methyl sites for hydroxylation is 1. The minimum Gasteiger partial charge on any atom is -0.323 e. The van der Waals surface area contributed by atoms with Gasteiger partial charge >= 0.3 is 0 Å². The van der Waals surface area contributed by atoms with Gasteiger partial charge in [0.15, 0.2) is 0 Å². The summed E-state index contributed by atoms with van der Waals surface area (Å²) in [6.07, 6.45) is 4.35. The first-order valence-corrected chi connectivity index (χ1v) is 8.78. The molecule has 2 fully saturated rings. The van der Waals surface area contributed by atoms with Crippen LogP contribution in [0, 0.1) is 5.92 Å². The number of nitrogens with two attached hydrogens (primary N) is 1. The molecule has 1 saturated heterocycles. The largest absolute Gasteiger partial charge is 0.323 e. The highest BCUT2D eigenvalue weighted by molar-refractivity contribution is 7.89. The Hall–Kier alpha value is -0.910. The first-order chi connectivity index (χ1) is 9.45. The lowest BCUT2D eigenvalue weighted by Gasteiger charge is -2.47. The van der Waals surface area contributed by atoms with Gasteiger partial charge in [0.25, 0.3) is 0 Å². The van der Waals surface area contributed by atoms with Crippen LogP contribution in [-0.4, -0.2) is 31.4 Å². The summed E-state index contributed by atoms with van der Waals surface area (Å²) in [5, 5.41) is 0. The number of hydrogen-bond acceptors (Lipinski definition) is 3. The zero-order valence-electron chi connectivity index (χ0n) is 11.9. The maximum atomic E-state index is 12.5. The fourth-order valence-corrected chi connectivity index (χ4v) is 4.56. The van der Waals surface area contributed by atoms with Crippen LogP contribution in [0.4, 0.5) is 0 Å². The summed E-state index contributed by atoms with van der Waals surface area (Å²) in [5.41, 5.74) is 7.14. The summed E-state index contributed by atoms with van der Waals surface area (Å²) in [6.45, 7) is 3.05. The van der Waals surface area contributed by atoms with Gasteiger partial charge in [-0.1, -0.05) is 25.5 Å². The van der Waals surface area contributed by atoms with Crippen LogP contribution in [0.25, 0.3) is 0 Å². The molecule has 0 radical (unpaired) electrons. The molecule has 1 aliphatic heterocycles. The van der Waals surface area contributed by atoms with Crippen LogP contribution in [-0.2, 0) is 16.4 Å². The van der Waals surface area contributed by atoms with E-state index in [4.69, 9.17) is 5.73 Å². The third kappa shape index (κ3) is 2.38. The fraction of sp³-hybridized carbons (Fsp3) is 0.600. The predicted octanol–water partition coefficient (Wildman–Crippen LogP) is 1.75. The topological polar surface area (TPSA) is 63.4 Å². The third-order valence-corrected chi connectivity index (χ3v) is 6.24. The van der Waals surface area contributed by atoms with Crippen molar-refractivity contribution in [3.8, 4) is 0 Å². The maximum Gasteiger partial charge on any atom is 0.243 e. The van der Waals surface area contributed by atoms with Crippen molar-refractivity contribution in [3.05, 3.63) is 29.8 Å². The highest BCUT2D eigenvalue weighted by atomic mass is 32.2. The van der Waals surface area contributed by atoms with Crippen molar-refractivity contribution in [1.29, 1.82) is 0 Å². The van der Waals surface area contributed by atoms with Gasteiger partial charge in [0.05, 0.1) is 4.90 Å². The van der Waals surface area contributed by atoms with Crippen molar-refractivity contribution in [1.82, 2.24) is 4.31 Å². The predicted molar refractivity (Wildman–Crippen MR) is 78.8 cm³/mol. The summed E-state index contributed by atoms with van der Waals surface area (Å²) >= 11 is 0. The van der Waals surface area contributed by atoms with Crippen molar-refractivity contribution >= 4 is 10.0 Å². The normalized spacial score (nSPS) is 22.5. The average Bonchev–Trinajstić information content (AvgIpc) is 3.20. The minimum atomic E-state index is -3.36. The summed E-state index contributed by atoms with van der Waals surface area (Å²) in [4.78, 5) is 0.384. The van der Waals surface area contributed by atoms with Crippen LogP contribution in [0.3, 0.4) is 0 Å². The molecule has 0 bridgehead atoms. The average molecular weight is 294 g/mol. The van der Waals surface area contributed by atoms with Crippen LogP contribution >= 0.6 is 0 Å². The van der Waals surface area contributed by atoms with Gasteiger partial charge < -0.3 is 5.73 Å². The Bertz CT molecular complexity index is 585. The van der Waals surface area contributed by atoms with Gasteiger partial charge in [-0.15, -0.1) is 0 Å². The smallest absolute Gasteiger partial charge is 0.243 e. The van der Waals surface area contributed by atoms with Gasteiger partial charge in [-0.3, -0.25) is 0 Å². The lowest BCUT2D eigenvalue weighted by atomic mass is 9.88. The highest BCUT2D eigenvalue weighted by Gasteiger charge is 2.53. The molecule has 5 heteroatoms. The van der Waals surface area contributed by atoms with Gasteiger partial charge in [0.2, 0.25) is 10.0 Å². The molecule has 1 saturated carbocycles. The first-order valence-electron chi connectivity index (χ1n) is 7.34. The zero-order valence-corrected chi connectivity index (χ0v) is 12.7. The second-order valence-electron chi connectivity index (χ2n) is 6.17. The Labute approximate surface area is 121 Å². The van der Waals surface area contributed by atoms with E-state index in [2.05, 4.69) is 6.92 Å². The molecule has 110 valence electrons. The van der Waals surface area contributed by atoms with E-state index in [1.54, 1.807) is 12.1 Å². The summed E-state index contributed by atoms with van der Waals surface area (Å²) in [5.74, 6) is 0.529. The molecule has 0 aromatic heterocycles.